The Hall–Kier alpha value is -3.03. The van der Waals surface area contributed by atoms with Crippen molar-refractivity contribution in [1.29, 1.82) is 0 Å². The molecule has 0 unspecified atom stereocenters. The average Bonchev–Trinajstić information content (AvgIpc) is 3.25. The van der Waals surface area contributed by atoms with E-state index in [1.165, 1.54) is 22.9 Å². The number of rotatable bonds is 5. The third-order valence-electron chi connectivity index (χ3n) is 6.06. The van der Waals surface area contributed by atoms with Gasteiger partial charge in [-0.1, -0.05) is 24.3 Å². The van der Waals surface area contributed by atoms with E-state index in [0.717, 1.165) is 59.7 Å². The Balaban J connectivity index is 1.41. The van der Waals surface area contributed by atoms with E-state index in [1.807, 2.05) is 41.9 Å². The fraction of sp³-hybridized carbons (Fsp3) is 0.292. The van der Waals surface area contributed by atoms with Crippen LogP contribution >= 0.6 is 11.7 Å². The third kappa shape index (κ3) is 3.86. The molecule has 0 aliphatic carbocycles. The Labute approximate surface area is 185 Å². The van der Waals surface area contributed by atoms with Gasteiger partial charge in [-0.25, -0.2) is 0 Å². The van der Waals surface area contributed by atoms with Crippen molar-refractivity contribution in [2.45, 2.75) is 25.9 Å². The molecule has 5 rings (SSSR count). The van der Waals surface area contributed by atoms with Crippen LogP contribution in [0.25, 0.3) is 11.0 Å². The highest BCUT2D eigenvalue weighted by molar-refractivity contribution is 7.00. The zero-order chi connectivity index (χ0) is 21.4. The van der Waals surface area contributed by atoms with Crippen LogP contribution < -0.4 is 10.3 Å². The number of pyridine rings is 1. The first kappa shape index (κ1) is 19.9. The van der Waals surface area contributed by atoms with Crippen molar-refractivity contribution in [3.63, 3.8) is 0 Å². The second kappa shape index (κ2) is 8.24. The van der Waals surface area contributed by atoms with Crippen molar-refractivity contribution in [2.24, 2.45) is 7.05 Å². The largest absolute Gasteiger partial charge is 0.496 e. The first-order valence-corrected chi connectivity index (χ1v) is 11.1. The van der Waals surface area contributed by atoms with Crippen LogP contribution in [0.4, 0.5) is 0 Å². The Bertz CT molecular complexity index is 1310. The summed E-state index contributed by atoms with van der Waals surface area (Å²) in [5, 5.41) is 0. The summed E-state index contributed by atoms with van der Waals surface area (Å²) in [6, 6.07) is 16.3. The number of methoxy groups -OCH3 is 1. The number of aromatic nitrogens is 3. The summed E-state index contributed by atoms with van der Waals surface area (Å²) in [6.07, 6.45) is 1.44. The Morgan fingerprint density at radius 3 is 2.77 bits per heavy atom. The molecule has 0 atom stereocenters. The topological polar surface area (TPSA) is 60.2 Å². The first-order valence-electron chi connectivity index (χ1n) is 10.4. The lowest BCUT2D eigenvalue weighted by molar-refractivity contribution is 0.241. The highest BCUT2D eigenvalue weighted by Gasteiger charge is 2.21. The van der Waals surface area contributed by atoms with Gasteiger partial charge in [0.15, 0.2) is 0 Å². The van der Waals surface area contributed by atoms with Crippen LogP contribution in [0.15, 0.2) is 53.3 Å². The summed E-state index contributed by atoms with van der Waals surface area (Å²) >= 11 is 1.25. The average molecular weight is 433 g/mol. The second-order valence-electron chi connectivity index (χ2n) is 8.04. The lowest BCUT2D eigenvalue weighted by Gasteiger charge is -2.30. The van der Waals surface area contributed by atoms with Gasteiger partial charge in [0.05, 0.1) is 18.8 Å². The van der Waals surface area contributed by atoms with E-state index in [0.29, 0.717) is 6.42 Å². The summed E-state index contributed by atoms with van der Waals surface area (Å²) in [7, 11) is 3.56. The van der Waals surface area contributed by atoms with Gasteiger partial charge in [-0.15, -0.1) is 0 Å². The van der Waals surface area contributed by atoms with Crippen LogP contribution in [0, 0.1) is 0 Å². The number of para-hydroxylation sites is 1. The number of hydrogen-bond acceptors (Lipinski definition) is 6. The van der Waals surface area contributed by atoms with E-state index in [1.54, 1.807) is 7.11 Å². The summed E-state index contributed by atoms with van der Waals surface area (Å²) in [5.74, 6) is 0.816. The fourth-order valence-electron chi connectivity index (χ4n) is 4.46. The maximum absolute atomic E-state index is 13.0. The van der Waals surface area contributed by atoms with Crippen molar-refractivity contribution in [1.82, 2.24) is 18.2 Å². The van der Waals surface area contributed by atoms with E-state index >= 15 is 0 Å². The van der Waals surface area contributed by atoms with Gasteiger partial charge in [0, 0.05) is 50.8 Å². The molecule has 7 heteroatoms. The fourth-order valence-corrected chi connectivity index (χ4v) is 4.98. The highest BCUT2D eigenvalue weighted by Crippen LogP contribution is 2.24. The lowest BCUT2D eigenvalue weighted by Crippen LogP contribution is -2.35. The van der Waals surface area contributed by atoms with Crippen LogP contribution in [0.3, 0.4) is 0 Å². The van der Waals surface area contributed by atoms with E-state index in [-0.39, 0.29) is 5.56 Å². The standard InChI is InChI=1S/C24H24N4O2S/c1-27-22-9-10-28(14-16-7-8-20-21(11-16)26-31-25-20)15-19(22)13-18(24(27)29)12-17-5-3-4-6-23(17)30-2/h3-8,11,13H,9-10,12,14-15H2,1-2H3. The number of benzene rings is 2. The molecule has 1 aliphatic heterocycles. The molecule has 0 radical (unpaired) electrons. The molecule has 2 aromatic carbocycles. The van der Waals surface area contributed by atoms with Crippen LogP contribution in [-0.4, -0.2) is 31.9 Å². The Morgan fingerprint density at radius 2 is 1.90 bits per heavy atom. The van der Waals surface area contributed by atoms with Crippen molar-refractivity contribution >= 4 is 22.8 Å². The maximum Gasteiger partial charge on any atom is 0.254 e. The molecular formula is C24H24N4O2S. The van der Waals surface area contributed by atoms with Gasteiger partial charge in [0.1, 0.15) is 16.8 Å². The monoisotopic (exact) mass is 432 g/mol. The van der Waals surface area contributed by atoms with Gasteiger partial charge < -0.3 is 9.30 Å². The SMILES string of the molecule is COc1ccccc1Cc1cc2c(n(C)c1=O)CCN(Cc1ccc3nsnc3c1)C2. The molecule has 31 heavy (non-hydrogen) atoms. The number of fused-ring (bicyclic) bond motifs is 2. The normalized spacial score (nSPS) is 14.0. The van der Waals surface area contributed by atoms with Gasteiger partial charge in [-0.3, -0.25) is 9.69 Å². The van der Waals surface area contributed by atoms with E-state index in [2.05, 4.69) is 31.8 Å². The molecule has 3 heterocycles. The molecule has 0 saturated carbocycles. The van der Waals surface area contributed by atoms with E-state index in [9.17, 15) is 4.79 Å². The maximum atomic E-state index is 13.0. The molecule has 0 spiro atoms. The Morgan fingerprint density at radius 1 is 1.06 bits per heavy atom. The molecule has 0 saturated heterocycles. The van der Waals surface area contributed by atoms with Gasteiger partial charge in [0.2, 0.25) is 0 Å². The van der Waals surface area contributed by atoms with Crippen LogP contribution in [0.1, 0.15) is 27.9 Å². The lowest BCUT2D eigenvalue weighted by atomic mass is 9.98. The predicted octanol–water partition coefficient (Wildman–Crippen LogP) is 3.55. The van der Waals surface area contributed by atoms with Crippen molar-refractivity contribution in [3.8, 4) is 5.75 Å². The number of ether oxygens (including phenoxy) is 1. The van der Waals surface area contributed by atoms with Crippen molar-refractivity contribution in [3.05, 3.63) is 86.8 Å². The van der Waals surface area contributed by atoms with E-state index < -0.39 is 0 Å². The highest BCUT2D eigenvalue weighted by atomic mass is 32.1. The molecule has 0 bridgehead atoms. The molecule has 0 amide bonds. The van der Waals surface area contributed by atoms with Gasteiger partial charge >= 0.3 is 0 Å². The van der Waals surface area contributed by atoms with E-state index in [4.69, 9.17) is 4.74 Å². The van der Waals surface area contributed by atoms with Gasteiger partial charge in [-0.2, -0.15) is 8.75 Å². The zero-order valence-corrected chi connectivity index (χ0v) is 18.5. The molecule has 158 valence electrons. The minimum absolute atomic E-state index is 0.0830. The summed E-state index contributed by atoms with van der Waals surface area (Å²) in [5.41, 5.74) is 7.44. The van der Waals surface area contributed by atoms with Crippen LogP contribution in [0.2, 0.25) is 0 Å². The molecule has 4 aromatic rings. The number of hydrogen-bond donors (Lipinski definition) is 0. The number of nitrogens with zero attached hydrogens (tertiary/aromatic N) is 4. The first-order chi connectivity index (χ1) is 15.1. The molecule has 6 nitrogen and oxygen atoms in total. The molecule has 0 fully saturated rings. The smallest absolute Gasteiger partial charge is 0.254 e. The van der Waals surface area contributed by atoms with Crippen molar-refractivity contribution in [2.75, 3.05) is 13.7 Å². The second-order valence-corrected chi connectivity index (χ2v) is 8.57. The molecular weight excluding hydrogens is 408 g/mol. The quantitative estimate of drug-likeness (QED) is 0.483. The third-order valence-corrected chi connectivity index (χ3v) is 6.62. The molecule has 0 N–H and O–H groups in total. The minimum atomic E-state index is 0.0830. The minimum Gasteiger partial charge on any atom is -0.496 e. The van der Waals surface area contributed by atoms with Crippen molar-refractivity contribution < 1.29 is 4.74 Å². The summed E-state index contributed by atoms with van der Waals surface area (Å²) < 4.78 is 16.0. The predicted molar refractivity (Wildman–Crippen MR) is 123 cm³/mol. The molecule has 1 aliphatic rings. The Kier molecular flexibility index (Phi) is 5.29. The zero-order valence-electron chi connectivity index (χ0n) is 17.7. The molecule has 2 aromatic heterocycles. The summed E-state index contributed by atoms with van der Waals surface area (Å²) in [6.45, 7) is 2.62. The van der Waals surface area contributed by atoms with Gasteiger partial charge in [-0.05, 0) is 41.0 Å². The van der Waals surface area contributed by atoms with Crippen LogP contribution in [0.5, 0.6) is 5.75 Å². The van der Waals surface area contributed by atoms with Gasteiger partial charge in [0.25, 0.3) is 5.56 Å². The summed E-state index contributed by atoms with van der Waals surface area (Å²) in [4.78, 5) is 15.4. The van der Waals surface area contributed by atoms with Crippen LogP contribution in [-0.2, 0) is 33.0 Å².